The molecule has 0 aliphatic carbocycles. The SMILES string of the molecule is COC1CCN(c2nccc(Nc3cc4c(cn3)c(N3CCC(CN5CC6CC(C5)N6c5ccc6c(c5)C(=O)N(C5CCC(=O)NC5=O)C6=O)CC3)nn4C(C)C)n2)CC1. The van der Waals surface area contributed by atoms with E-state index < -0.39 is 23.8 Å². The van der Waals surface area contributed by atoms with E-state index in [2.05, 4.69) is 59.8 Å². The molecule has 3 unspecified atom stereocenters. The standard InChI is InChI=1S/C43H52N12O5/c1-25(2)55-35-20-37(46-36-8-13-44-43(47-36)52-16-11-30(60-3)12-17-52)45-21-33(35)39(49-55)51-14-9-26(10-15-51)22-50-23-28-18-29(24-50)53(28)27-4-5-31-32(19-27)42(59)54(41(31)58)34-6-7-38(56)48-40(34)57/h4-5,8,13,19-21,25-26,28-30,34H,6-7,9-12,14-18,22-24H2,1-3H3,(H,48,56,57)(H,44,45,46,47). The van der Waals surface area contributed by atoms with E-state index in [1.54, 1.807) is 19.4 Å². The van der Waals surface area contributed by atoms with Gasteiger partial charge in [-0.25, -0.2) is 9.97 Å². The fourth-order valence-corrected chi connectivity index (χ4v) is 10.3. The van der Waals surface area contributed by atoms with Crippen LogP contribution < -0.4 is 25.3 Å². The van der Waals surface area contributed by atoms with Gasteiger partial charge in [-0.1, -0.05) is 0 Å². The van der Waals surface area contributed by atoms with Gasteiger partial charge >= 0.3 is 0 Å². The summed E-state index contributed by atoms with van der Waals surface area (Å²) in [5.74, 6) is 1.80. The molecule has 10 heterocycles. The Morgan fingerprint density at radius 3 is 2.35 bits per heavy atom. The number of amides is 4. The second-order valence-electron chi connectivity index (χ2n) is 17.5. The molecular weight excluding hydrogens is 765 g/mol. The summed E-state index contributed by atoms with van der Waals surface area (Å²) >= 11 is 0. The van der Waals surface area contributed by atoms with Crippen molar-refractivity contribution in [2.75, 3.05) is 72.9 Å². The average molecular weight is 817 g/mol. The van der Waals surface area contributed by atoms with Gasteiger partial charge in [0.2, 0.25) is 17.8 Å². The van der Waals surface area contributed by atoms with Crippen molar-refractivity contribution in [3.8, 4) is 0 Å². The van der Waals surface area contributed by atoms with Crippen LogP contribution in [-0.4, -0.2) is 135 Å². The molecule has 0 spiro atoms. The van der Waals surface area contributed by atoms with E-state index in [-0.39, 0.29) is 24.8 Å². The van der Waals surface area contributed by atoms with E-state index in [0.717, 1.165) is 105 Å². The molecule has 60 heavy (non-hydrogen) atoms. The van der Waals surface area contributed by atoms with Gasteiger partial charge in [-0.2, -0.15) is 10.1 Å². The molecule has 3 aromatic heterocycles. The largest absolute Gasteiger partial charge is 0.381 e. The molecule has 314 valence electrons. The smallest absolute Gasteiger partial charge is 0.262 e. The molecule has 2 bridgehead atoms. The quantitative estimate of drug-likeness (QED) is 0.222. The lowest BCUT2D eigenvalue weighted by Gasteiger charge is -2.58. The van der Waals surface area contributed by atoms with Gasteiger partial charge in [0.05, 0.1) is 28.1 Å². The lowest BCUT2D eigenvalue weighted by atomic mass is 9.85. The monoisotopic (exact) mass is 816 g/mol. The van der Waals surface area contributed by atoms with E-state index in [1.807, 2.05) is 24.4 Å². The number of anilines is 5. The first-order valence-electron chi connectivity index (χ1n) is 21.5. The molecule has 7 aliphatic heterocycles. The number of benzene rings is 1. The lowest BCUT2D eigenvalue weighted by molar-refractivity contribution is -0.136. The number of hydrogen-bond acceptors (Lipinski definition) is 14. The predicted octanol–water partition coefficient (Wildman–Crippen LogP) is 3.74. The Morgan fingerprint density at radius 1 is 0.867 bits per heavy atom. The second-order valence-corrected chi connectivity index (χ2v) is 17.5. The summed E-state index contributed by atoms with van der Waals surface area (Å²) < 4.78 is 7.64. The van der Waals surface area contributed by atoms with E-state index >= 15 is 0 Å². The number of carbonyl (C=O) groups excluding carboxylic acids is 4. The van der Waals surface area contributed by atoms with Gasteiger partial charge in [0.25, 0.3) is 11.8 Å². The van der Waals surface area contributed by atoms with Crippen LogP contribution in [-0.2, 0) is 14.3 Å². The number of rotatable bonds is 10. The van der Waals surface area contributed by atoms with Gasteiger partial charge in [-0.15, -0.1) is 0 Å². The number of aromatic nitrogens is 5. The maximum absolute atomic E-state index is 13.5. The van der Waals surface area contributed by atoms with E-state index in [1.165, 1.54) is 0 Å². The van der Waals surface area contributed by atoms with Gasteiger partial charge < -0.3 is 24.8 Å². The number of nitrogens with zero attached hydrogens (tertiary/aromatic N) is 10. The van der Waals surface area contributed by atoms with Gasteiger partial charge in [0, 0.05) is 102 Å². The molecule has 0 saturated carbocycles. The van der Waals surface area contributed by atoms with Crippen LogP contribution in [0.25, 0.3) is 10.9 Å². The molecule has 11 rings (SSSR count). The van der Waals surface area contributed by atoms with E-state index in [4.69, 9.17) is 19.8 Å². The van der Waals surface area contributed by atoms with Crippen molar-refractivity contribution in [3.05, 3.63) is 53.9 Å². The molecule has 6 fully saturated rings. The first kappa shape index (κ1) is 38.5. The molecule has 3 atom stereocenters. The molecule has 17 nitrogen and oxygen atoms in total. The summed E-state index contributed by atoms with van der Waals surface area (Å²) in [5, 5.41) is 11.9. The molecule has 7 aliphatic rings. The number of imide groups is 2. The van der Waals surface area contributed by atoms with Gasteiger partial charge in [-0.05, 0) is 82.6 Å². The average Bonchev–Trinajstić information content (AvgIpc) is 3.75. The van der Waals surface area contributed by atoms with Crippen molar-refractivity contribution < 1.29 is 23.9 Å². The van der Waals surface area contributed by atoms with E-state index in [0.29, 0.717) is 52.8 Å². The van der Waals surface area contributed by atoms with Crippen molar-refractivity contribution in [2.24, 2.45) is 5.92 Å². The highest BCUT2D eigenvalue weighted by molar-refractivity contribution is 6.23. The minimum absolute atomic E-state index is 0.101. The van der Waals surface area contributed by atoms with Crippen LogP contribution in [0.3, 0.4) is 0 Å². The molecule has 2 N–H and O–H groups in total. The van der Waals surface area contributed by atoms with Crippen LogP contribution in [0, 0.1) is 5.92 Å². The number of fused-ring (bicyclic) bond motifs is 4. The third kappa shape index (κ3) is 6.90. The minimum atomic E-state index is -0.965. The number of pyridine rings is 1. The third-order valence-electron chi connectivity index (χ3n) is 13.4. The lowest BCUT2D eigenvalue weighted by Crippen LogP contribution is -2.69. The number of carbonyl (C=O) groups is 4. The molecule has 4 aromatic rings. The van der Waals surface area contributed by atoms with Crippen LogP contribution in [0.5, 0.6) is 0 Å². The van der Waals surface area contributed by atoms with Crippen molar-refractivity contribution in [2.45, 2.75) is 89.1 Å². The highest BCUT2D eigenvalue weighted by atomic mass is 16.5. The van der Waals surface area contributed by atoms with Gasteiger partial charge in [0.15, 0.2) is 5.82 Å². The number of nitrogens with one attached hydrogen (secondary N) is 2. The van der Waals surface area contributed by atoms with Crippen LogP contribution in [0.15, 0.2) is 42.7 Å². The summed E-state index contributed by atoms with van der Waals surface area (Å²) in [7, 11) is 1.77. The second kappa shape index (κ2) is 15.4. The maximum Gasteiger partial charge on any atom is 0.262 e. The Hall–Kier alpha value is -5.68. The normalized spacial score (nSPS) is 24.1. The summed E-state index contributed by atoms with van der Waals surface area (Å²) in [6, 6.07) is 9.32. The van der Waals surface area contributed by atoms with Crippen LogP contribution in [0.1, 0.15) is 85.6 Å². The number of piperazine rings is 1. The molecule has 6 saturated heterocycles. The highest BCUT2D eigenvalue weighted by Gasteiger charge is 2.48. The fraction of sp³-hybridized carbons (Fsp3) is 0.535. The van der Waals surface area contributed by atoms with Crippen LogP contribution >= 0.6 is 0 Å². The fourth-order valence-electron chi connectivity index (χ4n) is 10.3. The Bertz CT molecular complexity index is 2340. The van der Waals surface area contributed by atoms with Crippen molar-refractivity contribution in [1.29, 1.82) is 0 Å². The van der Waals surface area contributed by atoms with Gasteiger partial charge in [0.1, 0.15) is 17.7 Å². The zero-order chi connectivity index (χ0) is 41.2. The molecule has 1 aromatic carbocycles. The number of ether oxygens (including phenoxy) is 1. The van der Waals surface area contributed by atoms with Gasteiger partial charge in [-0.3, -0.25) is 39.0 Å². The zero-order valence-corrected chi connectivity index (χ0v) is 34.4. The number of methoxy groups -OCH3 is 1. The van der Waals surface area contributed by atoms with Crippen LogP contribution in [0.4, 0.5) is 29.1 Å². The molecular formula is C43H52N12O5. The summed E-state index contributed by atoms with van der Waals surface area (Å²) in [4.78, 5) is 75.8. The first-order chi connectivity index (χ1) is 29.1. The number of piperidine rings is 4. The summed E-state index contributed by atoms with van der Waals surface area (Å²) in [6.07, 6.45) is 9.47. The molecule has 4 amide bonds. The number of hydrogen-bond donors (Lipinski definition) is 2. The summed E-state index contributed by atoms with van der Waals surface area (Å²) in [6.45, 7) is 10.9. The Morgan fingerprint density at radius 2 is 1.62 bits per heavy atom. The first-order valence-corrected chi connectivity index (χ1v) is 21.5. The third-order valence-corrected chi connectivity index (χ3v) is 13.4. The van der Waals surface area contributed by atoms with Crippen LogP contribution in [0.2, 0.25) is 0 Å². The highest BCUT2D eigenvalue weighted by Crippen LogP contribution is 2.40. The molecule has 17 heteroatoms. The predicted molar refractivity (Wildman–Crippen MR) is 225 cm³/mol. The molecule has 0 radical (unpaired) electrons. The van der Waals surface area contributed by atoms with Crippen molar-refractivity contribution >= 4 is 63.6 Å². The zero-order valence-electron chi connectivity index (χ0n) is 34.4. The Labute approximate surface area is 348 Å². The summed E-state index contributed by atoms with van der Waals surface area (Å²) in [5.41, 5.74) is 2.63. The van der Waals surface area contributed by atoms with E-state index in [9.17, 15) is 19.2 Å². The van der Waals surface area contributed by atoms with Crippen molar-refractivity contribution in [3.63, 3.8) is 0 Å². The topological polar surface area (TPSA) is 174 Å². The Balaban J connectivity index is 0.752. The van der Waals surface area contributed by atoms with Crippen molar-refractivity contribution in [1.82, 2.24) is 39.8 Å². The maximum atomic E-state index is 13.5. The minimum Gasteiger partial charge on any atom is -0.381 e. The Kier molecular flexibility index (Phi) is 9.89.